The quantitative estimate of drug-likeness (QED) is 0.476. The number of fused-ring (bicyclic) bond motifs is 1. The van der Waals surface area contributed by atoms with Crippen LogP contribution in [0.1, 0.15) is 38.1 Å². The lowest BCUT2D eigenvalue weighted by Gasteiger charge is -2.25. The number of esters is 1. The highest BCUT2D eigenvalue weighted by atomic mass is 32.1. The van der Waals surface area contributed by atoms with Crippen molar-refractivity contribution in [3.8, 4) is 0 Å². The van der Waals surface area contributed by atoms with Crippen LogP contribution in [0, 0.1) is 10.1 Å². The van der Waals surface area contributed by atoms with Gasteiger partial charge >= 0.3 is 5.97 Å². The summed E-state index contributed by atoms with van der Waals surface area (Å²) in [4.78, 5) is 49.3. The summed E-state index contributed by atoms with van der Waals surface area (Å²) in [7, 11) is 1.25. The minimum Gasteiger partial charge on any atom is -0.465 e. The summed E-state index contributed by atoms with van der Waals surface area (Å²) in [5.41, 5.74) is 0.915. The first-order chi connectivity index (χ1) is 13.3. The number of anilines is 1. The van der Waals surface area contributed by atoms with Gasteiger partial charge in [0.15, 0.2) is 0 Å². The lowest BCUT2D eigenvalue weighted by molar-refractivity contribution is -0.384. The van der Waals surface area contributed by atoms with Crippen molar-refractivity contribution in [3.05, 3.63) is 55.9 Å². The first-order valence-electron chi connectivity index (χ1n) is 8.36. The second kappa shape index (κ2) is 7.77. The molecule has 0 unspecified atom stereocenters. The highest BCUT2D eigenvalue weighted by Gasteiger charge is 2.30. The van der Waals surface area contributed by atoms with Crippen LogP contribution in [-0.2, 0) is 22.5 Å². The van der Waals surface area contributed by atoms with Crippen LogP contribution in [0.15, 0.2) is 24.3 Å². The topological polar surface area (TPSA) is 119 Å². The van der Waals surface area contributed by atoms with Gasteiger partial charge in [-0.15, -0.1) is 11.3 Å². The second-order valence-electron chi connectivity index (χ2n) is 6.15. The number of benzene rings is 1. The second-order valence-corrected chi connectivity index (χ2v) is 7.26. The van der Waals surface area contributed by atoms with Crippen LogP contribution in [0.5, 0.6) is 0 Å². The van der Waals surface area contributed by atoms with Crippen molar-refractivity contribution < 1.29 is 24.0 Å². The molecule has 9 nitrogen and oxygen atoms in total. The molecule has 1 aliphatic heterocycles. The molecule has 2 heterocycles. The number of hydrogen-bond acceptors (Lipinski definition) is 7. The van der Waals surface area contributed by atoms with Crippen LogP contribution < -0.4 is 5.32 Å². The third-order valence-electron chi connectivity index (χ3n) is 4.44. The zero-order valence-electron chi connectivity index (χ0n) is 15.2. The van der Waals surface area contributed by atoms with Crippen molar-refractivity contribution in [1.29, 1.82) is 0 Å². The average molecular weight is 403 g/mol. The predicted molar refractivity (Wildman–Crippen MR) is 102 cm³/mol. The number of nitro groups is 1. The molecule has 1 aromatic heterocycles. The van der Waals surface area contributed by atoms with E-state index in [0.717, 1.165) is 16.5 Å². The Morgan fingerprint density at radius 2 is 2.07 bits per heavy atom. The van der Waals surface area contributed by atoms with E-state index in [1.165, 1.54) is 43.6 Å². The Labute approximate surface area is 164 Å². The van der Waals surface area contributed by atoms with Gasteiger partial charge in [-0.25, -0.2) is 4.79 Å². The molecule has 0 bridgehead atoms. The molecule has 2 amide bonds. The largest absolute Gasteiger partial charge is 0.465 e. The molecule has 10 heteroatoms. The van der Waals surface area contributed by atoms with Crippen LogP contribution in [0.3, 0.4) is 0 Å². The van der Waals surface area contributed by atoms with E-state index < -0.39 is 16.8 Å². The fraction of sp³-hybridized carbons (Fsp3) is 0.278. The number of nitrogens with one attached hydrogen (secondary N) is 1. The number of methoxy groups -OCH3 is 1. The molecule has 28 heavy (non-hydrogen) atoms. The van der Waals surface area contributed by atoms with Crippen LogP contribution in [-0.4, -0.2) is 41.3 Å². The van der Waals surface area contributed by atoms with Crippen LogP contribution in [0.2, 0.25) is 0 Å². The van der Waals surface area contributed by atoms with Gasteiger partial charge in [-0.2, -0.15) is 0 Å². The fourth-order valence-electron chi connectivity index (χ4n) is 3.01. The third kappa shape index (κ3) is 3.72. The normalized spacial score (nSPS) is 12.9. The molecular weight excluding hydrogens is 386 g/mol. The van der Waals surface area contributed by atoms with E-state index in [1.807, 2.05) is 0 Å². The van der Waals surface area contributed by atoms with Crippen molar-refractivity contribution >= 4 is 39.8 Å². The van der Waals surface area contributed by atoms with Gasteiger partial charge in [0.25, 0.3) is 11.6 Å². The van der Waals surface area contributed by atoms with Crippen molar-refractivity contribution in [2.45, 2.75) is 19.9 Å². The molecule has 1 N–H and O–H groups in total. The third-order valence-corrected chi connectivity index (χ3v) is 5.57. The first kappa shape index (κ1) is 19.5. The summed E-state index contributed by atoms with van der Waals surface area (Å²) in [6.45, 7) is 2.30. The maximum Gasteiger partial charge on any atom is 0.341 e. The Bertz CT molecular complexity index is 984. The minimum atomic E-state index is -0.586. The van der Waals surface area contributed by atoms with E-state index in [-0.39, 0.29) is 22.7 Å². The SMILES string of the molecule is COC(=O)c1c(NC(=O)c2cccc([N+](=O)[O-])c2)sc2c1CCN(C(C)=O)C2. The first-order valence-corrected chi connectivity index (χ1v) is 9.17. The van der Waals surface area contributed by atoms with Crippen molar-refractivity contribution in [1.82, 2.24) is 4.90 Å². The van der Waals surface area contributed by atoms with Gasteiger partial charge < -0.3 is 15.0 Å². The van der Waals surface area contributed by atoms with Crippen molar-refractivity contribution in [2.24, 2.45) is 0 Å². The number of non-ortho nitro benzene ring substituents is 1. The summed E-state index contributed by atoms with van der Waals surface area (Å²) in [6, 6.07) is 5.32. The van der Waals surface area contributed by atoms with Gasteiger partial charge in [-0.05, 0) is 18.1 Å². The highest BCUT2D eigenvalue weighted by Crippen LogP contribution is 2.38. The van der Waals surface area contributed by atoms with E-state index >= 15 is 0 Å². The highest BCUT2D eigenvalue weighted by molar-refractivity contribution is 7.17. The number of rotatable bonds is 4. The minimum absolute atomic E-state index is 0.0687. The molecule has 0 aliphatic carbocycles. The Morgan fingerprint density at radius 1 is 1.32 bits per heavy atom. The molecule has 1 aliphatic rings. The standard InChI is InChI=1S/C18H17N3O6S/c1-10(22)20-7-6-13-14(9-20)28-17(15(13)18(24)27-2)19-16(23)11-4-3-5-12(8-11)21(25)26/h3-5,8H,6-7,9H2,1-2H3,(H,19,23). The number of amides is 2. The maximum atomic E-state index is 12.6. The summed E-state index contributed by atoms with van der Waals surface area (Å²) < 4.78 is 4.86. The molecule has 0 saturated heterocycles. The number of nitro benzene ring substituents is 1. The number of hydrogen-bond donors (Lipinski definition) is 1. The zero-order valence-corrected chi connectivity index (χ0v) is 16.0. The fourth-order valence-corrected chi connectivity index (χ4v) is 4.26. The molecule has 3 rings (SSSR count). The molecule has 2 aromatic rings. The van der Waals surface area contributed by atoms with Crippen LogP contribution in [0.25, 0.3) is 0 Å². The van der Waals surface area contributed by atoms with Gasteiger partial charge in [-0.1, -0.05) is 6.07 Å². The molecule has 0 spiro atoms. The van der Waals surface area contributed by atoms with Gasteiger partial charge in [0.2, 0.25) is 5.91 Å². The zero-order chi connectivity index (χ0) is 20.4. The molecule has 146 valence electrons. The average Bonchev–Trinajstić information content (AvgIpc) is 3.04. The van der Waals surface area contributed by atoms with E-state index in [9.17, 15) is 24.5 Å². The predicted octanol–water partition coefficient (Wildman–Crippen LogP) is 2.60. The van der Waals surface area contributed by atoms with Gasteiger partial charge in [0, 0.05) is 36.0 Å². The maximum absolute atomic E-state index is 12.6. The van der Waals surface area contributed by atoms with Gasteiger partial charge in [0.1, 0.15) is 5.00 Å². The van der Waals surface area contributed by atoms with Crippen molar-refractivity contribution in [2.75, 3.05) is 19.0 Å². The summed E-state index contributed by atoms with van der Waals surface area (Å²) in [5, 5.41) is 13.9. The summed E-state index contributed by atoms with van der Waals surface area (Å²) >= 11 is 1.20. The van der Waals surface area contributed by atoms with Crippen LogP contribution in [0.4, 0.5) is 10.7 Å². The van der Waals surface area contributed by atoms with Crippen LogP contribution >= 0.6 is 11.3 Å². The van der Waals surface area contributed by atoms with Gasteiger partial charge in [0.05, 0.1) is 24.1 Å². The number of nitrogens with zero attached hydrogens (tertiary/aromatic N) is 2. The molecule has 0 saturated carbocycles. The Kier molecular flexibility index (Phi) is 5.41. The molecule has 0 atom stereocenters. The smallest absolute Gasteiger partial charge is 0.341 e. The van der Waals surface area contributed by atoms with E-state index in [4.69, 9.17) is 4.74 Å². The lowest BCUT2D eigenvalue weighted by atomic mass is 10.0. The number of carbonyl (C=O) groups excluding carboxylic acids is 3. The number of carbonyl (C=O) groups is 3. The lowest BCUT2D eigenvalue weighted by Crippen LogP contribution is -2.33. The Hall–Kier alpha value is -3.27. The monoisotopic (exact) mass is 403 g/mol. The molecular formula is C18H17N3O6S. The number of ether oxygens (including phenoxy) is 1. The Balaban J connectivity index is 1.94. The summed E-state index contributed by atoms with van der Waals surface area (Å²) in [6.07, 6.45) is 0.475. The van der Waals surface area contributed by atoms with E-state index in [2.05, 4.69) is 5.32 Å². The number of thiophene rings is 1. The summed E-state index contributed by atoms with van der Waals surface area (Å²) in [5.74, 6) is -1.22. The van der Waals surface area contributed by atoms with E-state index in [0.29, 0.717) is 24.5 Å². The molecule has 0 fully saturated rings. The van der Waals surface area contributed by atoms with Crippen molar-refractivity contribution in [3.63, 3.8) is 0 Å². The van der Waals surface area contributed by atoms with E-state index in [1.54, 1.807) is 4.90 Å². The molecule has 1 aromatic carbocycles. The van der Waals surface area contributed by atoms with Gasteiger partial charge in [-0.3, -0.25) is 19.7 Å². The molecule has 0 radical (unpaired) electrons. The Morgan fingerprint density at radius 3 is 2.71 bits per heavy atom.